The summed E-state index contributed by atoms with van der Waals surface area (Å²) in [5, 5.41) is 7.14. The van der Waals surface area contributed by atoms with E-state index in [9.17, 15) is 0 Å². The summed E-state index contributed by atoms with van der Waals surface area (Å²) in [7, 11) is 0. The smallest absolute Gasteiger partial charge is 0.322 e. The molecule has 0 saturated carbocycles. The molecule has 2 rings (SSSR count). The molecule has 0 radical (unpaired) electrons. The molecule has 14 heavy (non-hydrogen) atoms. The van der Waals surface area contributed by atoms with Gasteiger partial charge >= 0.3 is 6.01 Å². The molecule has 6 heteroatoms. The second-order valence-corrected chi connectivity index (χ2v) is 3.08. The van der Waals surface area contributed by atoms with Gasteiger partial charge in [0.05, 0.1) is 0 Å². The zero-order valence-corrected chi connectivity index (χ0v) is 9.01. The molecule has 0 atom stereocenters. The van der Waals surface area contributed by atoms with Crippen LogP contribution in [0.15, 0.2) is 4.52 Å². The monoisotopic (exact) mass is 218 g/mol. The van der Waals surface area contributed by atoms with Crippen molar-refractivity contribution in [3.05, 3.63) is 5.82 Å². The Morgan fingerprint density at radius 2 is 2.14 bits per heavy atom. The second kappa shape index (κ2) is 5.17. The number of rotatable bonds is 2. The van der Waals surface area contributed by atoms with Gasteiger partial charge in [0.2, 0.25) is 0 Å². The molecule has 80 valence electrons. The molecule has 0 spiro atoms. The number of halogens is 1. The van der Waals surface area contributed by atoms with Crippen LogP contribution in [0.5, 0.6) is 0 Å². The summed E-state index contributed by atoms with van der Waals surface area (Å²) in [6, 6.07) is 0.665. The third-order valence-electron chi connectivity index (χ3n) is 2.16. The van der Waals surface area contributed by atoms with Crippen LogP contribution in [-0.2, 0) is 6.42 Å². The largest absolute Gasteiger partial charge is 0.324 e. The Balaban J connectivity index is 0.000000980. The van der Waals surface area contributed by atoms with Crippen molar-refractivity contribution in [3.63, 3.8) is 0 Å². The lowest BCUT2D eigenvalue weighted by Crippen LogP contribution is -2.43. The van der Waals surface area contributed by atoms with Crippen molar-refractivity contribution in [1.82, 2.24) is 15.5 Å². The van der Waals surface area contributed by atoms with Crippen molar-refractivity contribution in [3.8, 4) is 0 Å². The van der Waals surface area contributed by atoms with Crippen molar-refractivity contribution in [2.45, 2.75) is 13.3 Å². The molecule has 1 N–H and O–H groups in total. The molecule has 5 nitrogen and oxygen atoms in total. The topological polar surface area (TPSA) is 54.2 Å². The second-order valence-electron chi connectivity index (χ2n) is 3.08. The number of piperazine rings is 1. The van der Waals surface area contributed by atoms with Gasteiger partial charge in [0.15, 0.2) is 5.82 Å². The third-order valence-corrected chi connectivity index (χ3v) is 2.16. The maximum absolute atomic E-state index is 5.13. The summed E-state index contributed by atoms with van der Waals surface area (Å²) in [6.45, 7) is 5.90. The highest BCUT2D eigenvalue weighted by Gasteiger charge is 2.15. The molecule has 0 unspecified atom stereocenters. The van der Waals surface area contributed by atoms with Gasteiger partial charge in [-0.15, -0.1) is 12.4 Å². The number of nitrogens with one attached hydrogen (secondary N) is 1. The summed E-state index contributed by atoms with van der Waals surface area (Å²) in [4.78, 5) is 6.39. The zero-order chi connectivity index (χ0) is 9.10. The van der Waals surface area contributed by atoms with Crippen LogP contribution in [-0.4, -0.2) is 36.3 Å². The lowest BCUT2D eigenvalue weighted by Gasteiger charge is -2.24. The molecule has 1 aliphatic rings. The molecule has 0 aliphatic carbocycles. The molecule has 0 aromatic carbocycles. The SMILES string of the molecule is CCc1noc(N2CCNCC2)n1.Cl. The van der Waals surface area contributed by atoms with Crippen molar-refractivity contribution >= 4 is 18.4 Å². The van der Waals surface area contributed by atoms with Crippen LogP contribution in [0.2, 0.25) is 0 Å². The number of aromatic nitrogens is 2. The van der Waals surface area contributed by atoms with Crippen molar-refractivity contribution in [2.75, 3.05) is 31.1 Å². The van der Waals surface area contributed by atoms with E-state index in [0.717, 1.165) is 38.4 Å². The van der Waals surface area contributed by atoms with Crippen LogP contribution in [0.25, 0.3) is 0 Å². The highest BCUT2D eigenvalue weighted by molar-refractivity contribution is 5.85. The van der Waals surface area contributed by atoms with Gasteiger partial charge in [-0.05, 0) is 0 Å². The number of anilines is 1. The van der Waals surface area contributed by atoms with E-state index >= 15 is 0 Å². The van der Waals surface area contributed by atoms with Crippen molar-refractivity contribution in [1.29, 1.82) is 0 Å². The molecular formula is C8H15ClN4O. The predicted molar refractivity (Wildman–Crippen MR) is 56.0 cm³/mol. The standard InChI is InChI=1S/C8H14N4O.ClH/c1-2-7-10-8(13-11-7)12-5-3-9-4-6-12;/h9H,2-6H2,1H3;1H. The fourth-order valence-corrected chi connectivity index (χ4v) is 1.37. The maximum atomic E-state index is 5.13. The van der Waals surface area contributed by atoms with Crippen LogP contribution in [0.1, 0.15) is 12.7 Å². The van der Waals surface area contributed by atoms with Crippen molar-refractivity contribution in [2.24, 2.45) is 0 Å². The number of nitrogens with zero attached hydrogens (tertiary/aromatic N) is 3. The Kier molecular flexibility index (Phi) is 4.16. The molecule has 2 heterocycles. The van der Waals surface area contributed by atoms with E-state index in [1.165, 1.54) is 0 Å². The average Bonchev–Trinajstić information content (AvgIpc) is 2.67. The van der Waals surface area contributed by atoms with Gasteiger partial charge in [0, 0.05) is 32.6 Å². The van der Waals surface area contributed by atoms with E-state index in [2.05, 4.69) is 20.4 Å². The normalized spacial score (nSPS) is 16.5. The lowest BCUT2D eigenvalue weighted by molar-refractivity contribution is 0.399. The zero-order valence-electron chi connectivity index (χ0n) is 8.19. The first-order valence-corrected chi connectivity index (χ1v) is 4.68. The van der Waals surface area contributed by atoms with Crippen LogP contribution in [0.3, 0.4) is 0 Å². The van der Waals surface area contributed by atoms with E-state index in [0.29, 0.717) is 6.01 Å². The minimum atomic E-state index is 0. The predicted octanol–water partition coefficient (Wildman–Crippen LogP) is 0.463. The molecule has 1 saturated heterocycles. The summed E-state index contributed by atoms with van der Waals surface area (Å²) < 4.78 is 5.13. The van der Waals surface area contributed by atoms with E-state index < -0.39 is 0 Å². The van der Waals surface area contributed by atoms with E-state index in [4.69, 9.17) is 4.52 Å². The molecule has 1 aromatic heterocycles. The minimum Gasteiger partial charge on any atom is -0.322 e. The highest BCUT2D eigenvalue weighted by Crippen LogP contribution is 2.11. The minimum absolute atomic E-state index is 0. The van der Waals surface area contributed by atoms with Crippen LogP contribution in [0.4, 0.5) is 6.01 Å². The average molecular weight is 219 g/mol. The van der Waals surface area contributed by atoms with Crippen LogP contribution >= 0.6 is 12.4 Å². The fourth-order valence-electron chi connectivity index (χ4n) is 1.37. The first-order valence-electron chi connectivity index (χ1n) is 4.68. The summed E-state index contributed by atoms with van der Waals surface area (Å²) >= 11 is 0. The highest BCUT2D eigenvalue weighted by atomic mass is 35.5. The third kappa shape index (κ3) is 2.36. The van der Waals surface area contributed by atoms with Gasteiger partial charge in [-0.1, -0.05) is 12.1 Å². The van der Waals surface area contributed by atoms with Crippen LogP contribution in [0, 0.1) is 0 Å². The first-order chi connectivity index (χ1) is 6.40. The summed E-state index contributed by atoms with van der Waals surface area (Å²) in [5.41, 5.74) is 0. The van der Waals surface area contributed by atoms with Gasteiger partial charge in [0.25, 0.3) is 0 Å². The number of hydrogen-bond acceptors (Lipinski definition) is 5. The Labute approximate surface area is 89.3 Å². The first kappa shape index (κ1) is 11.3. The van der Waals surface area contributed by atoms with E-state index in [1.807, 2.05) is 6.92 Å². The lowest BCUT2D eigenvalue weighted by atomic mass is 10.4. The van der Waals surface area contributed by atoms with Gasteiger partial charge < -0.3 is 14.7 Å². The summed E-state index contributed by atoms with van der Waals surface area (Å²) in [5.74, 6) is 0.786. The van der Waals surface area contributed by atoms with Gasteiger partial charge in [-0.3, -0.25) is 0 Å². The molecule has 1 aromatic rings. The van der Waals surface area contributed by atoms with E-state index in [1.54, 1.807) is 0 Å². The molecule has 1 aliphatic heterocycles. The Morgan fingerprint density at radius 3 is 2.71 bits per heavy atom. The molecule has 0 bridgehead atoms. The van der Waals surface area contributed by atoms with Gasteiger partial charge in [-0.25, -0.2) is 0 Å². The van der Waals surface area contributed by atoms with Crippen molar-refractivity contribution < 1.29 is 4.52 Å². The van der Waals surface area contributed by atoms with Crippen LogP contribution < -0.4 is 10.2 Å². The Hall–Kier alpha value is -0.810. The Morgan fingerprint density at radius 1 is 1.43 bits per heavy atom. The van der Waals surface area contributed by atoms with Gasteiger partial charge in [-0.2, -0.15) is 4.98 Å². The van der Waals surface area contributed by atoms with E-state index in [-0.39, 0.29) is 12.4 Å². The number of aryl methyl sites for hydroxylation is 1. The Bertz CT molecular complexity index is 272. The molecular weight excluding hydrogens is 204 g/mol. The summed E-state index contributed by atoms with van der Waals surface area (Å²) in [6.07, 6.45) is 0.829. The number of hydrogen-bond donors (Lipinski definition) is 1. The quantitative estimate of drug-likeness (QED) is 0.782. The van der Waals surface area contributed by atoms with Gasteiger partial charge in [0.1, 0.15) is 0 Å². The fraction of sp³-hybridized carbons (Fsp3) is 0.750. The molecule has 1 fully saturated rings. The maximum Gasteiger partial charge on any atom is 0.324 e. The molecule has 0 amide bonds.